The van der Waals surface area contributed by atoms with Gasteiger partial charge >= 0.3 is 12.2 Å². The van der Waals surface area contributed by atoms with Gasteiger partial charge in [-0.3, -0.25) is 9.59 Å². The maximum absolute atomic E-state index is 12.9. The Bertz CT molecular complexity index is 939. The van der Waals surface area contributed by atoms with Gasteiger partial charge in [0, 0.05) is 19.3 Å². The van der Waals surface area contributed by atoms with Gasteiger partial charge in [0.1, 0.15) is 0 Å². The summed E-state index contributed by atoms with van der Waals surface area (Å²) in [5, 5.41) is 6.75. The lowest BCUT2D eigenvalue weighted by molar-refractivity contribution is -0.137. The number of halogens is 4. The van der Waals surface area contributed by atoms with Crippen LogP contribution in [-0.4, -0.2) is 42.9 Å². The zero-order chi connectivity index (χ0) is 23.0. The number of hydrogen-bond acceptors (Lipinski definition) is 3. The maximum atomic E-state index is 12.9. The number of carbonyl (C=O) groups excluding carboxylic acids is 3. The van der Waals surface area contributed by atoms with Gasteiger partial charge in [-0.2, -0.15) is 13.2 Å². The molecule has 0 saturated carbocycles. The third kappa shape index (κ3) is 7.82. The van der Waals surface area contributed by atoms with Crippen LogP contribution in [0.1, 0.15) is 11.1 Å². The van der Waals surface area contributed by atoms with Gasteiger partial charge in [0.05, 0.1) is 23.7 Å². The average Bonchev–Trinajstić information content (AvgIpc) is 2.71. The van der Waals surface area contributed by atoms with E-state index in [0.717, 1.165) is 16.5 Å². The first-order chi connectivity index (χ1) is 14.6. The summed E-state index contributed by atoms with van der Waals surface area (Å²) < 4.78 is 38.7. The van der Waals surface area contributed by atoms with Crippen LogP contribution >= 0.6 is 11.6 Å². The zero-order valence-electron chi connectivity index (χ0n) is 16.4. The van der Waals surface area contributed by atoms with E-state index in [1.807, 2.05) is 30.3 Å². The molecule has 0 aliphatic rings. The van der Waals surface area contributed by atoms with Crippen molar-refractivity contribution < 1.29 is 27.6 Å². The second kappa shape index (κ2) is 10.7. The molecule has 0 saturated heterocycles. The van der Waals surface area contributed by atoms with Crippen molar-refractivity contribution in [2.45, 2.75) is 12.7 Å². The molecule has 3 N–H and O–H groups in total. The summed E-state index contributed by atoms with van der Waals surface area (Å²) in [5.74, 6) is -1.27. The average molecular weight is 457 g/mol. The van der Waals surface area contributed by atoms with Crippen LogP contribution < -0.4 is 16.0 Å². The molecule has 31 heavy (non-hydrogen) atoms. The highest BCUT2D eigenvalue weighted by Gasteiger charge is 2.33. The summed E-state index contributed by atoms with van der Waals surface area (Å²) in [5.41, 5.74) is -0.309. The van der Waals surface area contributed by atoms with Gasteiger partial charge in [0.15, 0.2) is 0 Å². The van der Waals surface area contributed by atoms with E-state index in [4.69, 9.17) is 11.6 Å². The van der Waals surface area contributed by atoms with Crippen molar-refractivity contribution in [1.29, 1.82) is 0 Å². The van der Waals surface area contributed by atoms with Crippen molar-refractivity contribution in [2.75, 3.05) is 25.5 Å². The number of nitrogens with one attached hydrogen (secondary N) is 3. The van der Waals surface area contributed by atoms with Gasteiger partial charge < -0.3 is 20.9 Å². The third-order valence-corrected chi connectivity index (χ3v) is 4.39. The van der Waals surface area contributed by atoms with Crippen molar-refractivity contribution in [3.05, 3.63) is 64.7 Å². The number of carbonyl (C=O) groups is 3. The molecule has 0 radical (unpaired) electrons. The van der Waals surface area contributed by atoms with Crippen molar-refractivity contribution >= 4 is 35.1 Å². The fourth-order valence-corrected chi connectivity index (χ4v) is 2.68. The Morgan fingerprint density at radius 2 is 1.71 bits per heavy atom. The quantitative estimate of drug-likeness (QED) is 0.597. The molecular formula is C20H20ClF3N4O3. The number of rotatable bonds is 7. The van der Waals surface area contributed by atoms with Crippen LogP contribution in [0.4, 0.5) is 23.7 Å². The summed E-state index contributed by atoms with van der Waals surface area (Å²) >= 11 is 5.54. The summed E-state index contributed by atoms with van der Waals surface area (Å²) in [4.78, 5) is 36.9. The van der Waals surface area contributed by atoms with E-state index in [2.05, 4.69) is 16.0 Å². The van der Waals surface area contributed by atoms with Gasteiger partial charge in [-0.15, -0.1) is 0 Å². The number of likely N-dealkylation sites (N-methyl/N-ethyl adjacent to an activating group) is 1. The molecule has 166 valence electrons. The van der Waals surface area contributed by atoms with Crippen LogP contribution in [0.3, 0.4) is 0 Å². The molecule has 2 aromatic rings. The highest BCUT2D eigenvalue weighted by molar-refractivity contribution is 6.31. The molecule has 7 nitrogen and oxygen atoms in total. The lowest BCUT2D eigenvalue weighted by Crippen LogP contribution is -2.44. The lowest BCUT2D eigenvalue weighted by Gasteiger charge is -2.18. The summed E-state index contributed by atoms with van der Waals surface area (Å²) in [6.07, 6.45) is -4.67. The van der Waals surface area contributed by atoms with Crippen molar-refractivity contribution in [3.63, 3.8) is 0 Å². The van der Waals surface area contributed by atoms with Crippen LogP contribution in [0.5, 0.6) is 0 Å². The van der Waals surface area contributed by atoms with Crippen molar-refractivity contribution in [3.8, 4) is 0 Å². The van der Waals surface area contributed by atoms with Crippen LogP contribution in [0.15, 0.2) is 48.5 Å². The molecule has 4 amide bonds. The minimum absolute atomic E-state index is 0.110. The monoisotopic (exact) mass is 456 g/mol. The predicted octanol–water partition coefficient (Wildman–Crippen LogP) is 3.26. The molecule has 0 heterocycles. The molecular weight excluding hydrogens is 437 g/mol. The second-order valence-electron chi connectivity index (χ2n) is 6.51. The van der Waals surface area contributed by atoms with E-state index < -0.39 is 41.2 Å². The Hall–Kier alpha value is -3.27. The Labute approximate surface area is 181 Å². The van der Waals surface area contributed by atoms with Gasteiger partial charge in [-0.05, 0) is 23.8 Å². The maximum Gasteiger partial charge on any atom is 0.417 e. The normalized spacial score (nSPS) is 10.9. The smallest absolute Gasteiger partial charge is 0.335 e. The van der Waals surface area contributed by atoms with Crippen LogP contribution in [0, 0.1) is 0 Å². The topological polar surface area (TPSA) is 90.5 Å². The van der Waals surface area contributed by atoms with Gasteiger partial charge in [-0.25, -0.2) is 4.79 Å². The number of nitrogens with zero attached hydrogens (tertiary/aromatic N) is 1. The molecule has 2 rings (SSSR count). The van der Waals surface area contributed by atoms with E-state index >= 15 is 0 Å². The van der Waals surface area contributed by atoms with Crippen molar-refractivity contribution in [2.24, 2.45) is 0 Å². The number of urea groups is 1. The van der Waals surface area contributed by atoms with Gasteiger partial charge in [0.25, 0.3) is 0 Å². The minimum Gasteiger partial charge on any atom is -0.335 e. The zero-order valence-corrected chi connectivity index (χ0v) is 17.2. The third-order valence-electron chi connectivity index (χ3n) is 4.06. The van der Waals surface area contributed by atoms with Crippen LogP contribution in [0.2, 0.25) is 5.02 Å². The fraction of sp³-hybridized carbons (Fsp3) is 0.250. The van der Waals surface area contributed by atoms with Gasteiger partial charge in [-0.1, -0.05) is 41.9 Å². The number of anilines is 1. The number of benzene rings is 2. The number of amides is 4. The van der Waals surface area contributed by atoms with E-state index in [1.165, 1.54) is 13.1 Å². The highest BCUT2D eigenvalue weighted by atomic mass is 35.5. The largest absolute Gasteiger partial charge is 0.417 e. The molecule has 11 heteroatoms. The molecule has 0 aliphatic heterocycles. The van der Waals surface area contributed by atoms with Crippen LogP contribution in [0.25, 0.3) is 0 Å². The molecule has 0 fully saturated rings. The summed E-state index contributed by atoms with van der Waals surface area (Å²) in [6, 6.07) is 11.5. The number of alkyl halides is 3. The second-order valence-corrected chi connectivity index (χ2v) is 6.92. The summed E-state index contributed by atoms with van der Waals surface area (Å²) in [7, 11) is 1.33. The SMILES string of the molecule is CN(CC(=O)Nc1ccc(Cl)c(C(F)(F)F)c1)C(=O)CNC(=O)NCc1ccccc1. The van der Waals surface area contributed by atoms with E-state index in [9.17, 15) is 27.6 Å². The number of hydrogen-bond donors (Lipinski definition) is 3. The van der Waals surface area contributed by atoms with E-state index in [0.29, 0.717) is 6.07 Å². The molecule has 0 aliphatic carbocycles. The Morgan fingerprint density at radius 1 is 1.03 bits per heavy atom. The Kier molecular flexibility index (Phi) is 8.26. The fourth-order valence-electron chi connectivity index (χ4n) is 2.46. The van der Waals surface area contributed by atoms with Gasteiger partial charge in [0.2, 0.25) is 11.8 Å². The first-order valence-electron chi connectivity index (χ1n) is 9.02. The first-order valence-corrected chi connectivity index (χ1v) is 9.40. The van der Waals surface area contributed by atoms with Crippen molar-refractivity contribution in [1.82, 2.24) is 15.5 Å². The molecule has 0 aromatic heterocycles. The first kappa shape index (κ1) is 24.0. The molecule has 0 spiro atoms. The molecule has 0 bridgehead atoms. The molecule has 0 atom stereocenters. The van der Waals surface area contributed by atoms with E-state index in [-0.39, 0.29) is 18.8 Å². The highest BCUT2D eigenvalue weighted by Crippen LogP contribution is 2.36. The van der Waals surface area contributed by atoms with Crippen LogP contribution in [-0.2, 0) is 22.3 Å². The summed E-state index contributed by atoms with van der Waals surface area (Å²) in [6.45, 7) is -0.500. The molecule has 2 aromatic carbocycles. The standard InChI is InChI=1S/C20H20ClF3N4O3/c1-28(18(30)11-26-19(31)25-10-13-5-3-2-4-6-13)12-17(29)27-14-7-8-16(21)15(9-14)20(22,23)24/h2-9H,10-12H2,1H3,(H,27,29)(H2,25,26,31). The lowest BCUT2D eigenvalue weighted by atomic mass is 10.2. The van der Waals surface area contributed by atoms with E-state index in [1.54, 1.807) is 0 Å². The minimum atomic E-state index is -4.67. The predicted molar refractivity (Wildman–Crippen MR) is 109 cm³/mol. The Morgan fingerprint density at radius 3 is 2.35 bits per heavy atom. The molecule has 0 unspecified atom stereocenters. The Balaban J connectivity index is 1.79.